The fourth-order valence-corrected chi connectivity index (χ4v) is 1.92. The Bertz CT molecular complexity index is 407. The Kier molecular flexibility index (Phi) is 4.34. The molecule has 1 saturated heterocycles. The van der Waals surface area contributed by atoms with E-state index < -0.39 is 0 Å². The summed E-state index contributed by atoms with van der Waals surface area (Å²) in [5, 5.41) is 0. The van der Waals surface area contributed by atoms with E-state index in [1.54, 1.807) is 10.6 Å². The van der Waals surface area contributed by atoms with E-state index in [2.05, 4.69) is 0 Å². The Morgan fingerprint density at radius 1 is 1.53 bits per heavy atom. The molecule has 94 valence electrons. The van der Waals surface area contributed by atoms with Crippen molar-refractivity contribution in [3.63, 3.8) is 0 Å². The number of nitrogens with zero attached hydrogens (tertiary/aromatic N) is 1. The number of aryl methyl sites for hydroxylation is 1. The van der Waals surface area contributed by atoms with Crippen LogP contribution in [0.15, 0.2) is 23.1 Å². The molecule has 4 heteroatoms. The molecule has 0 radical (unpaired) electrons. The number of rotatable bonds is 4. The zero-order chi connectivity index (χ0) is 12.1. The molecule has 1 aromatic heterocycles. The van der Waals surface area contributed by atoms with Crippen LogP contribution < -0.4 is 5.56 Å². The first-order chi connectivity index (χ1) is 8.25. The van der Waals surface area contributed by atoms with Crippen LogP contribution in [-0.2, 0) is 16.0 Å². The molecule has 1 atom stereocenters. The van der Waals surface area contributed by atoms with Gasteiger partial charge < -0.3 is 14.0 Å². The lowest BCUT2D eigenvalue weighted by Gasteiger charge is -2.22. The summed E-state index contributed by atoms with van der Waals surface area (Å²) in [6.45, 7) is 3.81. The topological polar surface area (TPSA) is 40.5 Å². The maximum atomic E-state index is 11.6. The number of pyridine rings is 1. The molecule has 1 aliphatic rings. The van der Waals surface area contributed by atoms with Gasteiger partial charge in [0.15, 0.2) is 6.29 Å². The lowest BCUT2D eigenvalue weighted by molar-refractivity contribution is -0.163. The molecular weight excluding hydrogens is 218 g/mol. The largest absolute Gasteiger partial charge is 0.353 e. The molecule has 0 spiro atoms. The second-order valence-electron chi connectivity index (χ2n) is 4.40. The molecule has 0 unspecified atom stereocenters. The molecule has 0 bridgehead atoms. The van der Waals surface area contributed by atoms with Crippen molar-refractivity contribution in [1.29, 1.82) is 0 Å². The van der Waals surface area contributed by atoms with Gasteiger partial charge in [-0.2, -0.15) is 0 Å². The summed E-state index contributed by atoms with van der Waals surface area (Å²) in [6, 6.07) is 3.57. The van der Waals surface area contributed by atoms with Crippen LogP contribution >= 0.6 is 0 Å². The number of hydrogen-bond donors (Lipinski definition) is 0. The first-order valence-electron chi connectivity index (χ1n) is 6.16. The minimum Gasteiger partial charge on any atom is -0.353 e. The van der Waals surface area contributed by atoms with Gasteiger partial charge in [-0.15, -0.1) is 0 Å². The highest BCUT2D eigenvalue weighted by Crippen LogP contribution is 2.13. The highest BCUT2D eigenvalue weighted by molar-refractivity contribution is 5.07. The highest BCUT2D eigenvalue weighted by Gasteiger charge is 2.13. The van der Waals surface area contributed by atoms with Crippen LogP contribution in [0.3, 0.4) is 0 Å². The van der Waals surface area contributed by atoms with E-state index in [1.165, 1.54) is 0 Å². The predicted molar refractivity (Wildman–Crippen MR) is 65.0 cm³/mol. The Hall–Kier alpha value is -1.13. The normalized spacial score (nSPS) is 20.4. The summed E-state index contributed by atoms with van der Waals surface area (Å²) in [4.78, 5) is 11.6. The Labute approximate surface area is 101 Å². The Morgan fingerprint density at radius 2 is 2.41 bits per heavy atom. The van der Waals surface area contributed by atoms with E-state index in [9.17, 15) is 4.79 Å². The monoisotopic (exact) mass is 237 g/mol. The number of hydrogen-bond acceptors (Lipinski definition) is 3. The van der Waals surface area contributed by atoms with Crippen LogP contribution in [0, 0.1) is 6.92 Å². The molecule has 0 aliphatic carbocycles. The van der Waals surface area contributed by atoms with Crippen LogP contribution in [0.25, 0.3) is 0 Å². The molecule has 1 fully saturated rings. The average Bonchev–Trinajstić information content (AvgIpc) is 2.33. The predicted octanol–water partition coefficient (Wildman–Crippen LogP) is 1.70. The molecule has 0 N–H and O–H groups in total. The van der Waals surface area contributed by atoms with Crippen molar-refractivity contribution < 1.29 is 9.47 Å². The van der Waals surface area contributed by atoms with Gasteiger partial charge in [-0.25, -0.2) is 0 Å². The number of ether oxygens (including phenoxy) is 2. The zero-order valence-electron chi connectivity index (χ0n) is 10.2. The van der Waals surface area contributed by atoms with Crippen LogP contribution in [0.5, 0.6) is 0 Å². The van der Waals surface area contributed by atoms with Crippen molar-refractivity contribution in [3.8, 4) is 0 Å². The minimum absolute atomic E-state index is 0.0261. The minimum atomic E-state index is -0.0788. The van der Waals surface area contributed by atoms with Crippen molar-refractivity contribution in [2.45, 2.75) is 39.0 Å². The standard InChI is InChI=1S/C13H19NO3/c1-11-5-6-14(12(15)10-11)7-9-17-13-4-2-3-8-16-13/h5-6,10,13H,2-4,7-9H2,1H3/t13-/m0/s1. The third kappa shape index (κ3) is 3.68. The second kappa shape index (κ2) is 5.98. The molecule has 1 aromatic rings. The van der Waals surface area contributed by atoms with Gasteiger partial charge in [-0.1, -0.05) is 0 Å². The van der Waals surface area contributed by atoms with Crippen molar-refractivity contribution in [3.05, 3.63) is 34.2 Å². The van der Waals surface area contributed by atoms with E-state index in [4.69, 9.17) is 9.47 Å². The summed E-state index contributed by atoms with van der Waals surface area (Å²) in [5.74, 6) is 0. The quantitative estimate of drug-likeness (QED) is 0.800. The maximum Gasteiger partial charge on any atom is 0.250 e. The van der Waals surface area contributed by atoms with Crippen LogP contribution in [0.4, 0.5) is 0 Å². The molecule has 0 amide bonds. The van der Waals surface area contributed by atoms with Crippen molar-refractivity contribution in [2.24, 2.45) is 0 Å². The first-order valence-corrected chi connectivity index (χ1v) is 6.16. The van der Waals surface area contributed by atoms with Gasteiger partial charge in [-0.3, -0.25) is 4.79 Å². The van der Waals surface area contributed by atoms with Gasteiger partial charge >= 0.3 is 0 Å². The Balaban J connectivity index is 1.79. The molecule has 2 rings (SSSR count). The SMILES string of the molecule is Cc1ccn(CCO[C@H]2CCCCO2)c(=O)c1. The smallest absolute Gasteiger partial charge is 0.250 e. The van der Waals surface area contributed by atoms with Crippen molar-refractivity contribution >= 4 is 0 Å². The molecule has 17 heavy (non-hydrogen) atoms. The van der Waals surface area contributed by atoms with Gasteiger partial charge in [0.1, 0.15) is 0 Å². The summed E-state index contributed by atoms with van der Waals surface area (Å²) in [6.07, 6.45) is 4.97. The zero-order valence-corrected chi connectivity index (χ0v) is 10.2. The molecule has 4 nitrogen and oxygen atoms in total. The molecule has 1 aliphatic heterocycles. The van der Waals surface area contributed by atoms with E-state index in [-0.39, 0.29) is 11.8 Å². The average molecular weight is 237 g/mol. The number of aromatic nitrogens is 1. The molecular formula is C13H19NO3. The van der Waals surface area contributed by atoms with Crippen molar-refractivity contribution in [1.82, 2.24) is 4.57 Å². The van der Waals surface area contributed by atoms with E-state index >= 15 is 0 Å². The van der Waals surface area contributed by atoms with E-state index in [0.29, 0.717) is 13.2 Å². The third-order valence-electron chi connectivity index (χ3n) is 2.93. The lowest BCUT2D eigenvalue weighted by Crippen LogP contribution is -2.26. The Morgan fingerprint density at radius 3 is 3.12 bits per heavy atom. The molecule has 0 saturated carbocycles. The first kappa shape index (κ1) is 12.3. The maximum absolute atomic E-state index is 11.6. The van der Waals surface area contributed by atoms with Gasteiger partial charge in [0.05, 0.1) is 6.61 Å². The van der Waals surface area contributed by atoms with E-state index in [1.807, 2.05) is 19.2 Å². The third-order valence-corrected chi connectivity index (χ3v) is 2.93. The van der Waals surface area contributed by atoms with Gasteiger partial charge in [0.2, 0.25) is 0 Å². The van der Waals surface area contributed by atoms with Gasteiger partial charge in [0.25, 0.3) is 5.56 Å². The fraction of sp³-hybridized carbons (Fsp3) is 0.615. The summed E-state index contributed by atoms with van der Waals surface area (Å²) in [5.41, 5.74) is 1.01. The van der Waals surface area contributed by atoms with Crippen LogP contribution in [0.2, 0.25) is 0 Å². The lowest BCUT2D eigenvalue weighted by atomic mass is 10.2. The second-order valence-corrected chi connectivity index (χ2v) is 4.40. The van der Waals surface area contributed by atoms with E-state index in [0.717, 1.165) is 31.4 Å². The van der Waals surface area contributed by atoms with Gasteiger partial charge in [-0.05, 0) is 37.8 Å². The highest BCUT2D eigenvalue weighted by atomic mass is 16.7. The molecule has 2 heterocycles. The van der Waals surface area contributed by atoms with Crippen LogP contribution in [0.1, 0.15) is 24.8 Å². The van der Waals surface area contributed by atoms with Gasteiger partial charge in [0, 0.05) is 25.4 Å². The van der Waals surface area contributed by atoms with Crippen LogP contribution in [-0.4, -0.2) is 24.1 Å². The summed E-state index contributed by atoms with van der Waals surface area (Å²) < 4.78 is 12.7. The van der Waals surface area contributed by atoms with Crippen molar-refractivity contribution in [2.75, 3.05) is 13.2 Å². The summed E-state index contributed by atoms with van der Waals surface area (Å²) >= 11 is 0. The summed E-state index contributed by atoms with van der Waals surface area (Å²) in [7, 11) is 0. The fourth-order valence-electron chi connectivity index (χ4n) is 1.92. The molecule has 0 aromatic carbocycles.